The van der Waals surface area contributed by atoms with Crippen molar-refractivity contribution in [1.82, 2.24) is 15.5 Å². The zero-order valence-electron chi connectivity index (χ0n) is 10.9. The zero-order valence-corrected chi connectivity index (χ0v) is 10.9. The summed E-state index contributed by atoms with van der Waals surface area (Å²) in [5.41, 5.74) is 0. The molecule has 2 aliphatic heterocycles. The third-order valence-corrected chi connectivity index (χ3v) is 4.02. The van der Waals surface area contributed by atoms with Crippen LogP contribution in [-0.2, 0) is 0 Å². The Labute approximate surface area is 104 Å². The minimum absolute atomic E-state index is 0.129. The summed E-state index contributed by atoms with van der Waals surface area (Å²) in [6.07, 6.45) is 5.98. The summed E-state index contributed by atoms with van der Waals surface area (Å²) in [7, 11) is 0. The van der Waals surface area contributed by atoms with Crippen LogP contribution in [0.1, 0.15) is 39.0 Å². The Bertz CT molecular complexity index is 243. The molecule has 1 atom stereocenters. The average molecular weight is 239 g/mol. The lowest BCUT2D eigenvalue weighted by Gasteiger charge is -2.34. The van der Waals surface area contributed by atoms with Crippen LogP contribution in [0.15, 0.2) is 0 Å². The molecular weight excluding hydrogens is 214 g/mol. The summed E-state index contributed by atoms with van der Waals surface area (Å²) >= 11 is 0. The lowest BCUT2D eigenvalue weighted by Crippen LogP contribution is -2.47. The Morgan fingerprint density at radius 1 is 1.35 bits per heavy atom. The summed E-state index contributed by atoms with van der Waals surface area (Å²) < 4.78 is 0. The molecule has 2 saturated heterocycles. The summed E-state index contributed by atoms with van der Waals surface area (Å²) in [6, 6.07) is 0.848. The smallest absolute Gasteiger partial charge is 0.317 e. The highest BCUT2D eigenvalue weighted by molar-refractivity contribution is 5.74. The van der Waals surface area contributed by atoms with Gasteiger partial charge in [0.15, 0.2) is 0 Å². The minimum Gasteiger partial charge on any atom is -0.338 e. The number of likely N-dealkylation sites (tertiary alicyclic amines) is 1. The number of hydrogen-bond donors (Lipinski definition) is 2. The van der Waals surface area contributed by atoms with Crippen molar-refractivity contribution in [3.05, 3.63) is 0 Å². The van der Waals surface area contributed by atoms with E-state index in [9.17, 15) is 4.79 Å². The van der Waals surface area contributed by atoms with Gasteiger partial charge in [-0.05, 0) is 44.6 Å². The number of nitrogens with one attached hydrogen (secondary N) is 2. The maximum atomic E-state index is 11.8. The van der Waals surface area contributed by atoms with Gasteiger partial charge in [-0.3, -0.25) is 0 Å². The van der Waals surface area contributed by atoms with Gasteiger partial charge in [-0.15, -0.1) is 0 Å². The van der Waals surface area contributed by atoms with E-state index >= 15 is 0 Å². The van der Waals surface area contributed by atoms with E-state index < -0.39 is 0 Å². The quantitative estimate of drug-likeness (QED) is 0.785. The Hall–Kier alpha value is -0.770. The molecule has 4 heteroatoms. The first-order chi connectivity index (χ1) is 8.31. The molecule has 2 amide bonds. The fourth-order valence-electron chi connectivity index (χ4n) is 2.96. The fourth-order valence-corrected chi connectivity index (χ4v) is 2.96. The Balaban J connectivity index is 1.71. The topological polar surface area (TPSA) is 44.4 Å². The van der Waals surface area contributed by atoms with Crippen molar-refractivity contribution in [3.63, 3.8) is 0 Å². The second-order valence-corrected chi connectivity index (χ2v) is 5.26. The van der Waals surface area contributed by atoms with Crippen LogP contribution in [0.3, 0.4) is 0 Å². The van der Waals surface area contributed by atoms with Gasteiger partial charge < -0.3 is 15.5 Å². The van der Waals surface area contributed by atoms with Crippen LogP contribution in [0.2, 0.25) is 0 Å². The van der Waals surface area contributed by atoms with Crippen LogP contribution in [0.25, 0.3) is 0 Å². The molecule has 0 aromatic rings. The molecule has 0 spiro atoms. The highest BCUT2D eigenvalue weighted by atomic mass is 16.2. The van der Waals surface area contributed by atoms with E-state index in [1.165, 1.54) is 19.4 Å². The summed E-state index contributed by atoms with van der Waals surface area (Å²) in [5.74, 6) is 0.785. The predicted molar refractivity (Wildman–Crippen MR) is 69.0 cm³/mol. The molecule has 0 aromatic heterocycles. The normalized spacial score (nSPS) is 26.2. The van der Waals surface area contributed by atoms with Gasteiger partial charge in [0.25, 0.3) is 0 Å². The van der Waals surface area contributed by atoms with Gasteiger partial charge in [0.2, 0.25) is 0 Å². The number of nitrogens with zero attached hydrogens (tertiary/aromatic N) is 1. The van der Waals surface area contributed by atoms with Crippen LogP contribution in [0.4, 0.5) is 4.79 Å². The molecule has 98 valence electrons. The number of rotatable bonds is 3. The highest BCUT2D eigenvalue weighted by Gasteiger charge is 2.29. The first-order valence-corrected chi connectivity index (χ1v) is 7.07. The third-order valence-electron chi connectivity index (χ3n) is 4.02. The van der Waals surface area contributed by atoms with E-state index in [2.05, 4.69) is 17.6 Å². The van der Waals surface area contributed by atoms with Gasteiger partial charge in [0.05, 0.1) is 0 Å². The Morgan fingerprint density at radius 2 is 2.12 bits per heavy atom. The standard InChI is InChI=1S/C13H25N3O/c1-2-7-15-13(17)16-9-5-11(6-10-16)12-4-3-8-14-12/h11-12,14H,2-10H2,1H3,(H,15,17). The second kappa shape index (κ2) is 6.24. The van der Waals surface area contributed by atoms with Gasteiger partial charge >= 0.3 is 6.03 Å². The molecular formula is C13H25N3O. The average Bonchev–Trinajstić information content (AvgIpc) is 2.90. The summed E-state index contributed by atoms with van der Waals surface area (Å²) in [5, 5.41) is 6.54. The van der Waals surface area contributed by atoms with Gasteiger partial charge in [-0.2, -0.15) is 0 Å². The lowest BCUT2D eigenvalue weighted by atomic mass is 9.89. The molecule has 1 unspecified atom stereocenters. The number of urea groups is 1. The lowest BCUT2D eigenvalue weighted by molar-refractivity contribution is 0.160. The van der Waals surface area contributed by atoms with Gasteiger partial charge in [-0.25, -0.2) is 4.79 Å². The van der Waals surface area contributed by atoms with Crippen molar-refractivity contribution in [2.24, 2.45) is 5.92 Å². The number of carbonyl (C=O) groups excluding carboxylic acids is 1. The first-order valence-electron chi connectivity index (χ1n) is 7.07. The van der Waals surface area contributed by atoms with E-state index in [1.807, 2.05) is 4.90 Å². The van der Waals surface area contributed by atoms with E-state index in [4.69, 9.17) is 0 Å². The molecule has 17 heavy (non-hydrogen) atoms. The maximum absolute atomic E-state index is 11.8. The van der Waals surface area contributed by atoms with Crippen molar-refractivity contribution >= 4 is 6.03 Å². The third kappa shape index (κ3) is 3.35. The monoisotopic (exact) mass is 239 g/mol. The number of amides is 2. The minimum atomic E-state index is 0.129. The molecule has 0 aliphatic carbocycles. The van der Waals surface area contributed by atoms with E-state index in [-0.39, 0.29) is 6.03 Å². The first kappa shape index (κ1) is 12.7. The summed E-state index contributed by atoms with van der Waals surface area (Å²) in [6.45, 7) is 5.92. The van der Waals surface area contributed by atoms with Crippen LogP contribution >= 0.6 is 0 Å². The highest BCUT2D eigenvalue weighted by Crippen LogP contribution is 2.25. The predicted octanol–water partition coefficient (Wildman–Crippen LogP) is 1.57. The fraction of sp³-hybridized carbons (Fsp3) is 0.923. The maximum Gasteiger partial charge on any atom is 0.317 e. The van der Waals surface area contributed by atoms with Gasteiger partial charge in [0, 0.05) is 25.7 Å². The van der Waals surface area contributed by atoms with Crippen LogP contribution < -0.4 is 10.6 Å². The molecule has 0 bridgehead atoms. The molecule has 2 rings (SSSR count). The number of piperidine rings is 1. The van der Waals surface area contributed by atoms with E-state index in [0.717, 1.165) is 50.9 Å². The Morgan fingerprint density at radius 3 is 2.71 bits per heavy atom. The molecule has 2 fully saturated rings. The Kier molecular flexibility index (Phi) is 4.66. The number of carbonyl (C=O) groups is 1. The van der Waals surface area contributed by atoms with Crippen molar-refractivity contribution in [2.45, 2.75) is 45.1 Å². The van der Waals surface area contributed by atoms with Crippen molar-refractivity contribution in [3.8, 4) is 0 Å². The molecule has 0 radical (unpaired) electrons. The van der Waals surface area contributed by atoms with Crippen LogP contribution in [0, 0.1) is 5.92 Å². The van der Waals surface area contributed by atoms with Crippen molar-refractivity contribution in [1.29, 1.82) is 0 Å². The van der Waals surface area contributed by atoms with E-state index in [1.54, 1.807) is 0 Å². The largest absolute Gasteiger partial charge is 0.338 e. The van der Waals surface area contributed by atoms with Crippen LogP contribution in [0.5, 0.6) is 0 Å². The molecule has 0 aromatic carbocycles. The van der Waals surface area contributed by atoms with Gasteiger partial charge in [-0.1, -0.05) is 6.92 Å². The zero-order chi connectivity index (χ0) is 12.1. The summed E-state index contributed by atoms with van der Waals surface area (Å²) in [4.78, 5) is 13.8. The van der Waals surface area contributed by atoms with Crippen molar-refractivity contribution < 1.29 is 4.79 Å². The molecule has 4 nitrogen and oxygen atoms in total. The SMILES string of the molecule is CCCNC(=O)N1CCC(C2CCCN2)CC1. The molecule has 2 heterocycles. The van der Waals surface area contributed by atoms with E-state index in [0.29, 0.717) is 0 Å². The number of hydrogen-bond acceptors (Lipinski definition) is 2. The molecule has 2 N–H and O–H groups in total. The second-order valence-electron chi connectivity index (χ2n) is 5.26. The molecule has 2 aliphatic rings. The molecule has 0 saturated carbocycles. The van der Waals surface area contributed by atoms with Gasteiger partial charge in [0.1, 0.15) is 0 Å². The van der Waals surface area contributed by atoms with Crippen LogP contribution in [-0.4, -0.2) is 43.2 Å². The van der Waals surface area contributed by atoms with Crippen molar-refractivity contribution in [2.75, 3.05) is 26.2 Å².